The Morgan fingerprint density at radius 3 is 2.26 bits per heavy atom. The van der Waals surface area contributed by atoms with Crippen molar-refractivity contribution in [3.63, 3.8) is 0 Å². The third kappa shape index (κ3) is 2.93. The number of hydrogen-bond acceptors (Lipinski definition) is 2. The van der Waals surface area contributed by atoms with Crippen LogP contribution in [0.3, 0.4) is 0 Å². The number of fused-ring (bicyclic) bond motifs is 1. The molecule has 2 aromatic rings. The van der Waals surface area contributed by atoms with E-state index in [4.69, 9.17) is 0 Å². The molecule has 23 heavy (non-hydrogen) atoms. The molecule has 7 heteroatoms. The number of anilines is 1. The minimum absolute atomic E-state index is 0.137. The molecule has 122 valence electrons. The highest BCUT2D eigenvalue weighted by molar-refractivity contribution is 7.92. The fourth-order valence-electron chi connectivity index (χ4n) is 2.69. The van der Waals surface area contributed by atoms with Crippen molar-refractivity contribution in [2.45, 2.75) is 23.9 Å². The van der Waals surface area contributed by atoms with Gasteiger partial charge in [0, 0.05) is 6.54 Å². The number of benzene rings is 2. The lowest BCUT2D eigenvalue weighted by Gasteiger charge is -2.30. The summed E-state index contributed by atoms with van der Waals surface area (Å²) in [4.78, 5) is -0.137. The SMILES string of the molecule is O=S(=O)(c1ccc(C(F)(F)F)cc1)N1CCCc2ccccc21. The Hall–Kier alpha value is -2.02. The maximum atomic E-state index is 12.8. The van der Waals surface area contributed by atoms with Gasteiger partial charge >= 0.3 is 6.18 Å². The van der Waals surface area contributed by atoms with Crippen LogP contribution >= 0.6 is 0 Å². The molecule has 0 bridgehead atoms. The smallest absolute Gasteiger partial charge is 0.266 e. The molecular weight excluding hydrogens is 327 g/mol. The largest absolute Gasteiger partial charge is 0.416 e. The van der Waals surface area contributed by atoms with Crippen LogP contribution in [0.1, 0.15) is 17.5 Å². The van der Waals surface area contributed by atoms with E-state index >= 15 is 0 Å². The summed E-state index contributed by atoms with van der Waals surface area (Å²) >= 11 is 0. The van der Waals surface area contributed by atoms with E-state index in [1.807, 2.05) is 12.1 Å². The summed E-state index contributed by atoms with van der Waals surface area (Å²) in [5, 5.41) is 0. The maximum absolute atomic E-state index is 12.8. The van der Waals surface area contributed by atoms with Crippen LogP contribution in [0.15, 0.2) is 53.4 Å². The van der Waals surface area contributed by atoms with Crippen molar-refractivity contribution >= 4 is 15.7 Å². The van der Waals surface area contributed by atoms with E-state index in [0.717, 1.165) is 36.2 Å². The molecule has 0 aromatic heterocycles. The fraction of sp³-hybridized carbons (Fsp3) is 0.250. The molecule has 0 aliphatic carbocycles. The standard InChI is InChI=1S/C16H14F3NO2S/c17-16(18,19)13-7-9-14(10-8-13)23(21,22)20-11-3-5-12-4-1-2-6-15(12)20/h1-2,4,6-10H,3,5,11H2. The lowest BCUT2D eigenvalue weighted by atomic mass is 10.0. The van der Waals surface area contributed by atoms with Gasteiger partial charge < -0.3 is 0 Å². The second-order valence-electron chi connectivity index (χ2n) is 5.33. The summed E-state index contributed by atoms with van der Waals surface area (Å²) in [6, 6.07) is 10.8. The zero-order valence-corrected chi connectivity index (χ0v) is 12.9. The highest BCUT2D eigenvalue weighted by Crippen LogP contribution is 2.33. The predicted octanol–water partition coefficient (Wildman–Crippen LogP) is 3.85. The monoisotopic (exact) mass is 341 g/mol. The Morgan fingerprint density at radius 2 is 1.61 bits per heavy atom. The highest BCUT2D eigenvalue weighted by Gasteiger charge is 2.32. The van der Waals surface area contributed by atoms with Gasteiger partial charge in [-0.15, -0.1) is 0 Å². The molecule has 0 fully saturated rings. The average Bonchev–Trinajstić information content (AvgIpc) is 2.53. The molecule has 0 unspecified atom stereocenters. The molecule has 0 atom stereocenters. The Morgan fingerprint density at radius 1 is 0.957 bits per heavy atom. The number of hydrogen-bond donors (Lipinski definition) is 0. The predicted molar refractivity (Wildman–Crippen MR) is 80.7 cm³/mol. The van der Waals surface area contributed by atoms with Gasteiger partial charge in [0.25, 0.3) is 10.0 Å². The molecule has 0 saturated carbocycles. The van der Waals surface area contributed by atoms with Gasteiger partial charge in [-0.05, 0) is 48.7 Å². The zero-order valence-electron chi connectivity index (χ0n) is 12.0. The lowest BCUT2D eigenvalue weighted by Crippen LogP contribution is -2.35. The van der Waals surface area contributed by atoms with Gasteiger partial charge in [0.1, 0.15) is 0 Å². The highest BCUT2D eigenvalue weighted by atomic mass is 32.2. The summed E-state index contributed by atoms with van der Waals surface area (Å²) < 4.78 is 64.6. The molecule has 0 saturated heterocycles. The number of para-hydroxylation sites is 1. The van der Waals surface area contributed by atoms with Crippen molar-refractivity contribution in [3.05, 3.63) is 59.7 Å². The first kappa shape index (κ1) is 15.9. The number of halogens is 3. The van der Waals surface area contributed by atoms with Crippen LogP contribution in [0.2, 0.25) is 0 Å². The van der Waals surface area contributed by atoms with Crippen LogP contribution in [-0.2, 0) is 22.6 Å². The topological polar surface area (TPSA) is 37.4 Å². The quantitative estimate of drug-likeness (QED) is 0.832. The Labute approximate surface area is 132 Å². The molecular formula is C16H14F3NO2S. The van der Waals surface area contributed by atoms with E-state index in [0.29, 0.717) is 18.7 Å². The van der Waals surface area contributed by atoms with Gasteiger partial charge in [-0.3, -0.25) is 4.31 Å². The molecule has 0 N–H and O–H groups in total. The molecule has 0 spiro atoms. The van der Waals surface area contributed by atoms with Crippen LogP contribution in [0.25, 0.3) is 0 Å². The van der Waals surface area contributed by atoms with Crippen molar-refractivity contribution in [3.8, 4) is 0 Å². The molecule has 1 heterocycles. The molecule has 3 rings (SSSR count). The van der Waals surface area contributed by atoms with Crippen molar-refractivity contribution in [1.82, 2.24) is 0 Å². The van der Waals surface area contributed by atoms with Crippen molar-refractivity contribution in [2.75, 3.05) is 10.8 Å². The van der Waals surface area contributed by atoms with E-state index in [-0.39, 0.29) is 4.90 Å². The third-order valence-corrected chi connectivity index (χ3v) is 5.66. The molecule has 1 aliphatic heterocycles. The molecule has 3 nitrogen and oxygen atoms in total. The molecule has 0 amide bonds. The third-order valence-electron chi connectivity index (χ3n) is 3.84. The molecule has 2 aromatic carbocycles. The summed E-state index contributed by atoms with van der Waals surface area (Å²) in [7, 11) is -3.87. The number of rotatable bonds is 2. The van der Waals surface area contributed by atoms with E-state index in [1.54, 1.807) is 12.1 Å². The summed E-state index contributed by atoms with van der Waals surface area (Å²) in [5.41, 5.74) is 0.656. The van der Waals surface area contributed by atoms with Gasteiger partial charge in [0.15, 0.2) is 0 Å². The maximum Gasteiger partial charge on any atom is 0.416 e. The minimum atomic E-state index is -4.49. The first-order valence-electron chi connectivity index (χ1n) is 7.08. The normalized spacial score (nSPS) is 15.3. The minimum Gasteiger partial charge on any atom is -0.266 e. The van der Waals surface area contributed by atoms with Gasteiger partial charge in [-0.25, -0.2) is 8.42 Å². The van der Waals surface area contributed by atoms with Crippen LogP contribution in [-0.4, -0.2) is 15.0 Å². The molecule has 1 aliphatic rings. The van der Waals surface area contributed by atoms with E-state index in [2.05, 4.69) is 0 Å². The van der Waals surface area contributed by atoms with E-state index < -0.39 is 21.8 Å². The van der Waals surface area contributed by atoms with E-state index in [1.165, 1.54) is 4.31 Å². The van der Waals surface area contributed by atoms with Crippen molar-refractivity contribution in [1.29, 1.82) is 0 Å². The first-order chi connectivity index (χ1) is 10.8. The molecule has 0 radical (unpaired) electrons. The van der Waals surface area contributed by atoms with Crippen LogP contribution in [0, 0.1) is 0 Å². The first-order valence-corrected chi connectivity index (χ1v) is 8.52. The summed E-state index contributed by atoms with van der Waals surface area (Å²) in [6.07, 6.45) is -3.02. The van der Waals surface area contributed by atoms with Crippen molar-refractivity contribution in [2.24, 2.45) is 0 Å². The average molecular weight is 341 g/mol. The second kappa shape index (κ2) is 5.56. The number of sulfonamides is 1. The van der Waals surface area contributed by atoms with Gasteiger partial charge in [-0.1, -0.05) is 18.2 Å². The van der Waals surface area contributed by atoms with Crippen LogP contribution in [0.5, 0.6) is 0 Å². The summed E-state index contributed by atoms with van der Waals surface area (Å²) in [6.45, 7) is 0.320. The van der Waals surface area contributed by atoms with Gasteiger partial charge in [0.05, 0.1) is 16.1 Å². The Kier molecular flexibility index (Phi) is 3.83. The zero-order chi connectivity index (χ0) is 16.7. The van der Waals surface area contributed by atoms with E-state index in [9.17, 15) is 21.6 Å². The lowest BCUT2D eigenvalue weighted by molar-refractivity contribution is -0.137. The van der Waals surface area contributed by atoms with Gasteiger partial charge in [0.2, 0.25) is 0 Å². The number of aryl methyl sites for hydroxylation is 1. The van der Waals surface area contributed by atoms with Crippen LogP contribution in [0.4, 0.5) is 18.9 Å². The van der Waals surface area contributed by atoms with Crippen molar-refractivity contribution < 1.29 is 21.6 Å². The Bertz CT molecular complexity index is 814. The number of nitrogens with zero attached hydrogens (tertiary/aromatic N) is 1. The van der Waals surface area contributed by atoms with Gasteiger partial charge in [-0.2, -0.15) is 13.2 Å². The Balaban J connectivity index is 2.00. The fourth-order valence-corrected chi connectivity index (χ4v) is 4.23. The number of alkyl halides is 3. The summed E-state index contributed by atoms with van der Waals surface area (Å²) in [5.74, 6) is 0. The second-order valence-corrected chi connectivity index (χ2v) is 7.19. The van der Waals surface area contributed by atoms with Crippen LogP contribution < -0.4 is 4.31 Å².